The van der Waals surface area contributed by atoms with Gasteiger partial charge in [0.1, 0.15) is 11.6 Å². The summed E-state index contributed by atoms with van der Waals surface area (Å²) < 4.78 is 5.40. The standard InChI is InChI=1S/C22H23Cl2N7O2/c1-13-8-19(30-22(27-13)31-4-6-33-7-5-31)29-18-11-15(2-3-26-18)28-21(32)20-16(23)9-14(12-25)10-17(20)24/h2-3,8-11H,4-7,12,25H2,1H3,(H2,26,27,28,29,30,32). The van der Waals surface area contributed by atoms with E-state index in [0.717, 1.165) is 24.3 Å². The molecule has 3 aromatic rings. The number of amides is 1. The first kappa shape index (κ1) is 23.2. The second-order valence-electron chi connectivity index (χ2n) is 7.44. The van der Waals surface area contributed by atoms with E-state index in [-0.39, 0.29) is 22.2 Å². The van der Waals surface area contributed by atoms with Gasteiger partial charge in [0.25, 0.3) is 5.91 Å². The van der Waals surface area contributed by atoms with Crippen LogP contribution in [0.4, 0.5) is 23.3 Å². The molecule has 172 valence electrons. The number of hydrogen-bond donors (Lipinski definition) is 3. The van der Waals surface area contributed by atoms with Gasteiger partial charge in [-0.05, 0) is 30.7 Å². The van der Waals surface area contributed by atoms with Crippen LogP contribution in [0, 0.1) is 6.92 Å². The number of anilines is 4. The van der Waals surface area contributed by atoms with Crippen LogP contribution < -0.4 is 21.3 Å². The summed E-state index contributed by atoms with van der Waals surface area (Å²) in [4.78, 5) is 28.3. The topological polar surface area (TPSA) is 118 Å². The third-order valence-corrected chi connectivity index (χ3v) is 5.57. The van der Waals surface area contributed by atoms with Crippen molar-refractivity contribution in [2.24, 2.45) is 5.73 Å². The van der Waals surface area contributed by atoms with E-state index in [0.29, 0.717) is 36.5 Å². The molecule has 33 heavy (non-hydrogen) atoms. The van der Waals surface area contributed by atoms with E-state index in [1.54, 1.807) is 30.5 Å². The van der Waals surface area contributed by atoms with Crippen molar-refractivity contribution in [3.05, 3.63) is 63.4 Å². The monoisotopic (exact) mass is 487 g/mol. The lowest BCUT2D eigenvalue weighted by Crippen LogP contribution is -2.37. The van der Waals surface area contributed by atoms with Gasteiger partial charge in [0, 0.05) is 49.3 Å². The number of rotatable bonds is 6. The SMILES string of the molecule is Cc1cc(Nc2cc(NC(=O)c3c(Cl)cc(CN)cc3Cl)ccn2)nc(N2CCOCC2)n1. The fourth-order valence-corrected chi connectivity index (χ4v) is 4.09. The number of carbonyl (C=O) groups excluding carboxylic acids is 1. The van der Waals surface area contributed by atoms with Gasteiger partial charge in [0.15, 0.2) is 0 Å². The molecule has 9 nitrogen and oxygen atoms in total. The molecule has 1 amide bonds. The van der Waals surface area contributed by atoms with E-state index in [1.165, 1.54) is 0 Å². The van der Waals surface area contributed by atoms with Crippen molar-refractivity contribution < 1.29 is 9.53 Å². The summed E-state index contributed by atoms with van der Waals surface area (Å²) in [6.07, 6.45) is 1.58. The Labute approximate surface area is 201 Å². The van der Waals surface area contributed by atoms with Gasteiger partial charge >= 0.3 is 0 Å². The van der Waals surface area contributed by atoms with Crippen LogP contribution in [0.2, 0.25) is 10.0 Å². The molecule has 4 rings (SSSR count). The van der Waals surface area contributed by atoms with Crippen molar-refractivity contribution >= 4 is 52.4 Å². The van der Waals surface area contributed by atoms with E-state index >= 15 is 0 Å². The zero-order valence-electron chi connectivity index (χ0n) is 17.9. The summed E-state index contributed by atoms with van der Waals surface area (Å²) in [6, 6.07) is 8.45. The molecule has 0 bridgehead atoms. The summed E-state index contributed by atoms with van der Waals surface area (Å²) in [5, 5.41) is 6.45. The number of halogens is 2. The van der Waals surface area contributed by atoms with E-state index < -0.39 is 5.91 Å². The molecule has 1 saturated heterocycles. The van der Waals surface area contributed by atoms with Crippen LogP contribution in [0.3, 0.4) is 0 Å². The molecule has 0 spiro atoms. The summed E-state index contributed by atoms with van der Waals surface area (Å²) in [5.41, 5.74) is 7.90. The molecular formula is C22H23Cl2N7O2. The molecule has 0 aliphatic carbocycles. The molecule has 0 unspecified atom stereocenters. The number of benzene rings is 1. The van der Waals surface area contributed by atoms with Gasteiger partial charge in [-0.25, -0.2) is 9.97 Å². The highest BCUT2D eigenvalue weighted by atomic mass is 35.5. The Hall–Kier alpha value is -2.98. The summed E-state index contributed by atoms with van der Waals surface area (Å²) in [7, 11) is 0. The number of nitrogens with one attached hydrogen (secondary N) is 2. The van der Waals surface area contributed by atoms with Crippen molar-refractivity contribution in [3.63, 3.8) is 0 Å². The second-order valence-corrected chi connectivity index (χ2v) is 8.26. The highest BCUT2D eigenvalue weighted by molar-refractivity contribution is 6.40. The molecule has 1 aromatic carbocycles. The molecule has 1 aliphatic heterocycles. The minimum atomic E-state index is -0.432. The molecule has 3 heterocycles. The van der Waals surface area contributed by atoms with E-state index in [4.69, 9.17) is 33.7 Å². The Morgan fingerprint density at radius 2 is 1.85 bits per heavy atom. The van der Waals surface area contributed by atoms with Gasteiger partial charge in [-0.2, -0.15) is 4.98 Å². The van der Waals surface area contributed by atoms with Crippen molar-refractivity contribution in [2.75, 3.05) is 41.8 Å². The number of aryl methyl sites for hydroxylation is 1. The van der Waals surface area contributed by atoms with Crippen molar-refractivity contribution in [1.82, 2.24) is 15.0 Å². The lowest BCUT2D eigenvalue weighted by atomic mass is 10.1. The molecule has 11 heteroatoms. The smallest absolute Gasteiger partial charge is 0.258 e. The molecule has 0 radical (unpaired) electrons. The number of pyridine rings is 1. The Balaban J connectivity index is 1.51. The van der Waals surface area contributed by atoms with Crippen LogP contribution in [-0.2, 0) is 11.3 Å². The predicted molar refractivity (Wildman–Crippen MR) is 130 cm³/mol. The van der Waals surface area contributed by atoms with Gasteiger partial charge in [0.05, 0.1) is 28.8 Å². The first-order chi connectivity index (χ1) is 15.9. The maximum atomic E-state index is 12.8. The number of nitrogens with zero attached hydrogens (tertiary/aromatic N) is 4. The van der Waals surface area contributed by atoms with Gasteiger partial charge in [0.2, 0.25) is 5.95 Å². The fourth-order valence-electron chi connectivity index (χ4n) is 3.38. The van der Waals surface area contributed by atoms with Crippen LogP contribution in [0.5, 0.6) is 0 Å². The van der Waals surface area contributed by atoms with Crippen LogP contribution in [-0.4, -0.2) is 47.2 Å². The van der Waals surface area contributed by atoms with Crippen molar-refractivity contribution in [3.8, 4) is 0 Å². The van der Waals surface area contributed by atoms with E-state index in [2.05, 4.69) is 30.5 Å². The number of hydrogen-bond acceptors (Lipinski definition) is 8. The Bertz CT molecular complexity index is 1150. The first-order valence-corrected chi connectivity index (χ1v) is 11.1. The zero-order valence-corrected chi connectivity index (χ0v) is 19.5. The van der Waals surface area contributed by atoms with Gasteiger partial charge in [-0.3, -0.25) is 4.79 Å². The number of ether oxygens (including phenoxy) is 1. The van der Waals surface area contributed by atoms with Crippen LogP contribution in [0.1, 0.15) is 21.6 Å². The predicted octanol–water partition coefficient (Wildman–Crippen LogP) is 3.78. The number of carbonyl (C=O) groups is 1. The third kappa shape index (κ3) is 5.69. The summed E-state index contributed by atoms with van der Waals surface area (Å²) in [5.74, 6) is 1.31. The third-order valence-electron chi connectivity index (χ3n) is 4.97. The minimum absolute atomic E-state index is 0.184. The number of aromatic nitrogens is 3. The van der Waals surface area contributed by atoms with Gasteiger partial charge in [-0.1, -0.05) is 23.2 Å². The number of morpholine rings is 1. The molecular weight excluding hydrogens is 465 g/mol. The molecule has 0 atom stereocenters. The minimum Gasteiger partial charge on any atom is -0.378 e. The summed E-state index contributed by atoms with van der Waals surface area (Å²) in [6.45, 7) is 4.94. The lowest BCUT2D eigenvalue weighted by molar-refractivity contribution is 0.102. The zero-order chi connectivity index (χ0) is 23.4. The van der Waals surface area contributed by atoms with Crippen LogP contribution in [0.15, 0.2) is 36.5 Å². The molecule has 4 N–H and O–H groups in total. The van der Waals surface area contributed by atoms with Crippen molar-refractivity contribution in [1.29, 1.82) is 0 Å². The average Bonchev–Trinajstić information content (AvgIpc) is 2.79. The fraction of sp³-hybridized carbons (Fsp3) is 0.273. The van der Waals surface area contributed by atoms with E-state index in [9.17, 15) is 4.79 Å². The highest BCUT2D eigenvalue weighted by Gasteiger charge is 2.17. The van der Waals surface area contributed by atoms with Gasteiger partial charge < -0.3 is 26.0 Å². The highest BCUT2D eigenvalue weighted by Crippen LogP contribution is 2.28. The quantitative estimate of drug-likeness (QED) is 0.480. The summed E-state index contributed by atoms with van der Waals surface area (Å²) >= 11 is 12.5. The van der Waals surface area contributed by atoms with Gasteiger partial charge in [-0.15, -0.1) is 0 Å². The Kier molecular flexibility index (Phi) is 7.24. The Morgan fingerprint density at radius 3 is 2.55 bits per heavy atom. The van der Waals surface area contributed by atoms with Crippen LogP contribution >= 0.6 is 23.2 Å². The number of nitrogens with two attached hydrogens (primary N) is 1. The van der Waals surface area contributed by atoms with E-state index in [1.807, 2.05) is 13.0 Å². The Morgan fingerprint density at radius 1 is 1.12 bits per heavy atom. The maximum absolute atomic E-state index is 12.8. The average molecular weight is 488 g/mol. The van der Waals surface area contributed by atoms with Crippen LogP contribution in [0.25, 0.3) is 0 Å². The molecule has 2 aromatic heterocycles. The molecule has 1 aliphatic rings. The maximum Gasteiger partial charge on any atom is 0.258 e. The molecule has 1 fully saturated rings. The largest absolute Gasteiger partial charge is 0.378 e. The van der Waals surface area contributed by atoms with Crippen molar-refractivity contribution in [2.45, 2.75) is 13.5 Å². The normalized spacial score (nSPS) is 13.6. The first-order valence-electron chi connectivity index (χ1n) is 10.3. The second kappa shape index (κ2) is 10.3. The molecule has 0 saturated carbocycles. The lowest BCUT2D eigenvalue weighted by Gasteiger charge is -2.27.